The van der Waals surface area contributed by atoms with Gasteiger partial charge in [-0.1, -0.05) is 47.6 Å². The number of benzene rings is 1. The van der Waals surface area contributed by atoms with E-state index in [1.807, 2.05) is 0 Å². The molecule has 0 N–H and O–H groups in total. The maximum Gasteiger partial charge on any atom is 0.130 e. The molecule has 100 valence electrons. The van der Waals surface area contributed by atoms with Crippen molar-refractivity contribution in [2.24, 2.45) is 0 Å². The summed E-state index contributed by atoms with van der Waals surface area (Å²) in [5.74, 6) is 0.0376. The molecule has 0 radical (unpaired) electrons. The topological polar surface area (TPSA) is 0 Å². The molecule has 0 atom stereocenters. The minimum Gasteiger partial charge on any atom is -0.206 e. The fourth-order valence-electron chi connectivity index (χ4n) is 3.04. The second-order valence-corrected chi connectivity index (χ2v) is 7.60. The van der Waals surface area contributed by atoms with E-state index in [0.717, 1.165) is 24.0 Å². The summed E-state index contributed by atoms with van der Waals surface area (Å²) >= 11 is 0. The predicted octanol–water partition coefficient (Wildman–Crippen LogP) is 4.91. The lowest BCUT2D eigenvalue weighted by atomic mass is 9.76. The first-order valence-electron chi connectivity index (χ1n) is 6.97. The highest BCUT2D eigenvalue weighted by molar-refractivity contribution is 5.48. The van der Waals surface area contributed by atoms with E-state index >= 15 is 0 Å². The van der Waals surface area contributed by atoms with Gasteiger partial charge in [-0.2, -0.15) is 0 Å². The molecular weight excluding hydrogens is 223 g/mol. The smallest absolute Gasteiger partial charge is 0.130 e. The Hall–Kier alpha value is -0.850. The first kappa shape index (κ1) is 13.6. The zero-order valence-corrected chi connectivity index (χ0v) is 12.6. The molecule has 1 heteroatoms. The fraction of sp³-hybridized carbons (Fsp3) is 0.647. The molecule has 0 nitrogen and oxygen atoms in total. The largest absolute Gasteiger partial charge is 0.206 e. The molecule has 0 bridgehead atoms. The lowest BCUT2D eigenvalue weighted by Crippen LogP contribution is -2.22. The summed E-state index contributed by atoms with van der Waals surface area (Å²) in [6.07, 6.45) is 3.33. The van der Waals surface area contributed by atoms with Gasteiger partial charge in [-0.05, 0) is 52.3 Å². The van der Waals surface area contributed by atoms with Crippen LogP contribution in [0.25, 0.3) is 0 Å². The molecule has 0 unspecified atom stereocenters. The third-order valence-corrected chi connectivity index (χ3v) is 3.89. The fourth-order valence-corrected chi connectivity index (χ4v) is 3.04. The summed E-state index contributed by atoms with van der Waals surface area (Å²) in [5.41, 5.74) is 4.27. The third-order valence-electron chi connectivity index (χ3n) is 3.89. The Labute approximate surface area is 111 Å². The van der Waals surface area contributed by atoms with Crippen molar-refractivity contribution >= 4 is 0 Å². The zero-order valence-electron chi connectivity index (χ0n) is 12.6. The van der Waals surface area contributed by atoms with Crippen LogP contribution >= 0.6 is 0 Å². The van der Waals surface area contributed by atoms with Crippen LogP contribution in [-0.2, 0) is 23.7 Å². The van der Waals surface area contributed by atoms with Crippen molar-refractivity contribution in [3.63, 3.8) is 0 Å². The van der Waals surface area contributed by atoms with Gasteiger partial charge in [0.1, 0.15) is 5.82 Å². The van der Waals surface area contributed by atoms with Crippen molar-refractivity contribution in [3.05, 3.63) is 34.1 Å². The van der Waals surface area contributed by atoms with E-state index in [-0.39, 0.29) is 16.6 Å². The molecule has 0 aromatic heterocycles. The normalized spacial score (nSPS) is 15.9. The highest BCUT2D eigenvalue weighted by Gasteiger charge is 2.31. The molecule has 0 heterocycles. The maximum absolute atomic E-state index is 14.9. The second kappa shape index (κ2) is 4.08. The van der Waals surface area contributed by atoms with E-state index in [9.17, 15) is 4.39 Å². The molecule has 1 aromatic carbocycles. The predicted molar refractivity (Wildman–Crippen MR) is 75.8 cm³/mol. The van der Waals surface area contributed by atoms with Gasteiger partial charge in [0.2, 0.25) is 0 Å². The molecule has 0 saturated heterocycles. The van der Waals surface area contributed by atoms with E-state index in [4.69, 9.17) is 0 Å². The second-order valence-electron chi connectivity index (χ2n) is 7.60. The van der Waals surface area contributed by atoms with Gasteiger partial charge in [-0.15, -0.1) is 0 Å². The van der Waals surface area contributed by atoms with Gasteiger partial charge in [0.15, 0.2) is 0 Å². The highest BCUT2D eigenvalue weighted by atomic mass is 19.1. The summed E-state index contributed by atoms with van der Waals surface area (Å²) in [4.78, 5) is 0. The number of halogens is 1. The lowest BCUT2D eigenvalue weighted by molar-refractivity contribution is 0.477. The molecule has 18 heavy (non-hydrogen) atoms. The van der Waals surface area contributed by atoms with Gasteiger partial charge in [0, 0.05) is 0 Å². The zero-order chi connectivity index (χ0) is 13.7. The molecule has 0 fully saturated rings. The summed E-state index contributed by atoms with van der Waals surface area (Å²) in [5, 5.41) is 0. The van der Waals surface area contributed by atoms with Gasteiger partial charge >= 0.3 is 0 Å². The van der Waals surface area contributed by atoms with Gasteiger partial charge in [0.25, 0.3) is 0 Å². The summed E-state index contributed by atoms with van der Waals surface area (Å²) < 4.78 is 14.9. The molecule has 0 aliphatic heterocycles. The maximum atomic E-state index is 14.9. The van der Waals surface area contributed by atoms with Crippen LogP contribution in [0, 0.1) is 5.82 Å². The van der Waals surface area contributed by atoms with Gasteiger partial charge in [-0.3, -0.25) is 0 Å². The molecular formula is C17H25F. The molecule has 0 spiro atoms. The third kappa shape index (κ3) is 2.20. The Morgan fingerprint density at radius 2 is 1.56 bits per heavy atom. The van der Waals surface area contributed by atoms with Crippen LogP contribution in [0.3, 0.4) is 0 Å². The first-order valence-corrected chi connectivity index (χ1v) is 6.97. The van der Waals surface area contributed by atoms with E-state index < -0.39 is 0 Å². The van der Waals surface area contributed by atoms with Crippen LogP contribution in [0.4, 0.5) is 4.39 Å². The average Bonchev–Trinajstić information content (AvgIpc) is 2.59. The van der Waals surface area contributed by atoms with Crippen LogP contribution in [0.5, 0.6) is 0 Å². The van der Waals surface area contributed by atoms with Gasteiger partial charge in [0.05, 0.1) is 0 Å². The summed E-state index contributed by atoms with van der Waals surface area (Å²) in [6, 6.07) is 2.12. The van der Waals surface area contributed by atoms with Crippen molar-refractivity contribution in [1.82, 2.24) is 0 Å². The standard InChI is InChI=1S/C17H25F/c1-16(2,3)13-10-11-8-7-9-12(11)14(15(13)18)17(4,5)6/h10H,7-9H2,1-6H3. The molecule has 1 aliphatic carbocycles. The van der Waals surface area contributed by atoms with E-state index in [2.05, 4.69) is 47.6 Å². The molecule has 1 aromatic rings. The Morgan fingerprint density at radius 1 is 0.944 bits per heavy atom. The Bertz CT molecular complexity index is 470. The van der Waals surface area contributed by atoms with E-state index in [1.54, 1.807) is 0 Å². The number of rotatable bonds is 0. The number of fused-ring (bicyclic) bond motifs is 1. The molecule has 0 amide bonds. The minimum absolute atomic E-state index is 0.0376. The van der Waals surface area contributed by atoms with E-state index in [1.165, 1.54) is 17.5 Å². The van der Waals surface area contributed by atoms with E-state index in [0.29, 0.717) is 0 Å². The van der Waals surface area contributed by atoms with Crippen LogP contribution in [0.15, 0.2) is 6.07 Å². The number of aryl methyl sites for hydroxylation is 1. The summed E-state index contributed by atoms with van der Waals surface area (Å²) in [6.45, 7) is 12.7. The Balaban J connectivity index is 2.76. The minimum atomic E-state index is -0.123. The molecule has 1 aliphatic rings. The van der Waals surface area contributed by atoms with Crippen LogP contribution in [0.1, 0.15) is 70.2 Å². The molecule has 0 saturated carbocycles. The first-order chi connectivity index (χ1) is 8.12. The number of hydrogen-bond donors (Lipinski definition) is 0. The van der Waals surface area contributed by atoms with Gasteiger partial charge in [-0.25, -0.2) is 4.39 Å². The van der Waals surface area contributed by atoms with Crippen molar-refractivity contribution in [3.8, 4) is 0 Å². The van der Waals surface area contributed by atoms with Crippen LogP contribution in [0.2, 0.25) is 0 Å². The van der Waals surface area contributed by atoms with Crippen molar-refractivity contribution in [2.75, 3.05) is 0 Å². The number of hydrogen-bond acceptors (Lipinski definition) is 0. The highest BCUT2D eigenvalue weighted by Crippen LogP contribution is 2.40. The van der Waals surface area contributed by atoms with Crippen molar-refractivity contribution in [2.45, 2.75) is 71.6 Å². The molecule has 2 rings (SSSR count). The lowest BCUT2D eigenvalue weighted by Gasteiger charge is -2.29. The average molecular weight is 248 g/mol. The van der Waals surface area contributed by atoms with Crippen LogP contribution in [-0.4, -0.2) is 0 Å². The van der Waals surface area contributed by atoms with Crippen molar-refractivity contribution < 1.29 is 4.39 Å². The van der Waals surface area contributed by atoms with Crippen LogP contribution < -0.4 is 0 Å². The van der Waals surface area contributed by atoms with Crippen molar-refractivity contribution in [1.29, 1.82) is 0 Å². The Kier molecular flexibility index (Phi) is 3.08. The Morgan fingerprint density at radius 3 is 2.06 bits per heavy atom. The monoisotopic (exact) mass is 248 g/mol. The summed E-state index contributed by atoms with van der Waals surface area (Å²) in [7, 11) is 0. The SMILES string of the molecule is CC(C)(C)c1cc2c(c(C(C)(C)C)c1F)CCC2. The quantitative estimate of drug-likeness (QED) is 0.612. The van der Waals surface area contributed by atoms with Gasteiger partial charge < -0.3 is 0 Å².